The van der Waals surface area contributed by atoms with E-state index in [1.54, 1.807) is 11.5 Å². The highest BCUT2D eigenvalue weighted by atomic mass is 16.3. The van der Waals surface area contributed by atoms with Gasteiger partial charge in [-0.25, -0.2) is 9.97 Å². The number of aliphatic hydroxyl groups is 1. The van der Waals surface area contributed by atoms with Crippen molar-refractivity contribution in [3.05, 3.63) is 46.8 Å². The Labute approximate surface area is 153 Å². The van der Waals surface area contributed by atoms with Crippen molar-refractivity contribution < 1.29 is 20.1 Å². The monoisotopic (exact) mass is 373 g/mol. The number of amides is 1. The number of nitrogens with one attached hydrogen (secondary N) is 2. The summed E-state index contributed by atoms with van der Waals surface area (Å²) in [6, 6.07) is 3.64. The molecular formula is C17H19N5O5. The van der Waals surface area contributed by atoms with E-state index in [1.807, 2.05) is 0 Å². The average Bonchev–Trinajstić information content (AvgIpc) is 3.07. The van der Waals surface area contributed by atoms with Crippen LogP contribution in [0.25, 0.3) is 11.2 Å². The lowest BCUT2D eigenvalue weighted by molar-refractivity contribution is -0.122. The lowest BCUT2D eigenvalue weighted by atomic mass is 10.1. The number of rotatable bonds is 6. The molecule has 27 heavy (non-hydrogen) atoms. The van der Waals surface area contributed by atoms with Crippen LogP contribution >= 0.6 is 0 Å². The molecule has 0 aliphatic rings. The Balaban J connectivity index is 1.60. The van der Waals surface area contributed by atoms with E-state index in [2.05, 4.69) is 20.3 Å². The highest BCUT2D eigenvalue weighted by Crippen LogP contribution is 2.27. The van der Waals surface area contributed by atoms with Crippen LogP contribution in [0, 0.1) is 0 Å². The lowest BCUT2D eigenvalue weighted by Crippen LogP contribution is -2.30. The van der Waals surface area contributed by atoms with Crippen LogP contribution in [0.2, 0.25) is 0 Å². The predicted molar refractivity (Wildman–Crippen MR) is 95.2 cm³/mol. The molecule has 0 radical (unpaired) electrons. The van der Waals surface area contributed by atoms with Crippen molar-refractivity contribution in [2.75, 3.05) is 6.54 Å². The summed E-state index contributed by atoms with van der Waals surface area (Å²) in [6.07, 6.45) is 1.79. The van der Waals surface area contributed by atoms with E-state index < -0.39 is 6.10 Å². The Kier molecular flexibility index (Phi) is 5.08. The zero-order valence-corrected chi connectivity index (χ0v) is 14.5. The minimum Gasteiger partial charge on any atom is -0.504 e. The molecule has 1 aromatic carbocycles. The molecule has 0 fully saturated rings. The van der Waals surface area contributed by atoms with Gasteiger partial charge in [-0.2, -0.15) is 0 Å². The Morgan fingerprint density at radius 2 is 2.07 bits per heavy atom. The SMILES string of the molecule is CC(CC(=O)NCC(O)c1ccc(O)c(O)c1)n1cnc2c(=O)[nH]cnc21. The second-order valence-corrected chi connectivity index (χ2v) is 6.18. The number of aromatic hydroxyl groups is 2. The topological polar surface area (TPSA) is 153 Å². The van der Waals surface area contributed by atoms with E-state index in [9.17, 15) is 24.9 Å². The summed E-state index contributed by atoms with van der Waals surface area (Å²) in [5.41, 5.74) is 0.601. The molecule has 10 nitrogen and oxygen atoms in total. The van der Waals surface area contributed by atoms with Gasteiger partial charge in [0.05, 0.1) is 18.8 Å². The first-order valence-corrected chi connectivity index (χ1v) is 8.23. The molecule has 0 aliphatic heterocycles. The summed E-state index contributed by atoms with van der Waals surface area (Å²) in [5.74, 6) is -0.943. The number of nitrogens with zero attached hydrogens (tertiary/aromatic N) is 3. The fourth-order valence-electron chi connectivity index (χ4n) is 2.70. The van der Waals surface area contributed by atoms with E-state index in [0.29, 0.717) is 11.2 Å². The second kappa shape index (κ2) is 7.46. The third-order valence-electron chi connectivity index (χ3n) is 4.20. The first-order valence-electron chi connectivity index (χ1n) is 8.23. The fraction of sp³-hybridized carbons (Fsp3) is 0.294. The molecule has 3 rings (SSSR count). The summed E-state index contributed by atoms with van der Waals surface area (Å²) in [7, 11) is 0. The molecule has 2 unspecified atom stereocenters. The quantitative estimate of drug-likeness (QED) is 0.390. The van der Waals surface area contributed by atoms with Crippen LogP contribution in [0.15, 0.2) is 35.6 Å². The third kappa shape index (κ3) is 3.90. The highest BCUT2D eigenvalue weighted by Gasteiger charge is 2.17. The van der Waals surface area contributed by atoms with E-state index in [4.69, 9.17) is 0 Å². The van der Waals surface area contributed by atoms with Gasteiger partial charge in [-0.15, -0.1) is 0 Å². The maximum atomic E-state index is 12.2. The largest absolute Gasteiger partial charge is 0.504 e. The Hall–Kier alpha value is -3.40. The van der Waals surface area contributed by atoms with Gasteiger partial charge in [-0.1, -0.05) is 6.07 Å². The van der Waals surface area contributed by atoms with Gasteiger partial charge in [-0.3, -0.25) is 9.59 Å². The van der Waals surface area contributed by atoms with Crippen LogP contribution in [-0.2, 0) is 4.79 Å². The highest BCUT2D eigenvalue weighted by molar-refractivity contribution is 5.77. The van der Waals surface area contributed by atoms with Crippen LogP contribution in [-0.4, -0.2) is 47.3 Å². The van der Waals surface area contributed by atoms with Gasteiger partial charge in [0.1, 0.15) is 0 Å². The van der Waals surface area contributed by atoms with Crippen molar-refractivity contribution in [2.45, 2.75) is 25.5 Å². The Bertz CT molecular complexity index is 1030. The molecule has 1 amide bonds. The molecular weight excluding hydrogens is 354 g/mol. The van der Waals surface area contributed by atoms with Crippen molar-refractivity contribution >= 4 is 17.1 Å². The van der Waals surface area contributed by atoms with Crippen LogP contribution in [0.4, 0.5) is 0 Å². The molecule has 2 heterocycles. The van der Waals surface area contributed by atoms with Gasteiger partial charge in [0.25, 0.3) is 5.56 Å². The number of aromatic nitrogens is 4. The Morgan fingerprint density at radius 3 is 2.81 bits per heavy atom. The van der Waals surface area contributed by atoms with Crippen molar-refractivity contribution in [2.24, 2.45) is 0 Å². The van der Waals surface area contributed by atoms with Gasteiger partial charge >= 0.3 is 0 Å². The minimum atomic E-state index is -1.04. The molecule has 0 saturated carbocycles. The smallest absolute Gasteiger partial charge is 0.278 e. The molecule has 0 saturated heterocycles. The van der Waals surface area contributed by atoms with Gasteiger partial charge in [0, 0.05) is 19.0 Å². The maximum absolute atomic E-state index is 12.2. The summed E-state index contributed by atoms with van der Waals surface area (Å²) in [4.78, 5) is 34.4. The molecule has 10 heteroatoms. The number of fused-ring (bicyclic) bond motifs is 1. The van der Waals surface area contributed by atoms with Crippen molar-refractivity contribution in [3.63, 3.8) is 0 Å². The molecule has 142 valence electrons. The predicted octanol–water partition coefficient (Wildman–Crippen LogP) is 0.332. The number of carbonyl (C=O) groups is 1. The summed E-state index contributed by atoms with van der Waals surface area (Å²) in [5, 5.41) is 31.5. The zero-order chi connectivity index (χ0) is 19.6. The number of aromatic amines is 1. The molecule has 0 bridgehead atoms. The maximum Gasteiger partial charge on any atom is 0.278 e. The van der Waals surface area contributed by atoms with Crippen molar-refractivity contribution in [3.8, 4) is 11.5 Å². The molecule has 2 aromatic heterocycles. The van der Waals surface area contributed by atoms with Gasteiger partial charge in [-0.05, 0) is 24.6 Å². The summed E-state index contributed by atoms with van der Waals surface area (Å²) in [6.45, 7) is 1.73. The van der Waals surface area contributed by atoms with Crippen LogP contribution in [0.3, 0.4) is 0 Å². The number of phenolic OH excluding ortho intramolecular Hbond substituents is 2. The van der Waals surface area contributed by atoms with E-state index in [-0.39, 0.29) is 47.5 Å². The number of aliphatic hydroxyl groups excluding tert-OH is 1. The second-order valence-electron chi connectivity index (χ2n) is 6.18. The minimum absolute atomic E-state index is 0.0572. The fourth-order valence-corrected chi connectivity index (χ4v) is 2.70. The molecule has 0 spiro atoms. The number of phenols is 2. The van der Waals surface area contributed by atoms with Crippen LogP contribution in [0.5, 0.6) is 11.5 Å². The summed E-state index contributed by atoms with van der Waals surface area (Å²) >= 11 is 0. The van der Waals surface area contributed by atoms with E-state index in [0.717, 1.165) is 0 Å². The van der Waals surface area contributed by atoms with Crippen molar-refractivity contribution in [1.29, 1.82) is 0 Å². The van der Waals surface area contributed by atoms with Gasteiger partial charge in [0.2, 0.25) is 5.91 Å². The first-order chi connectivity index (χ1) is 12.9. The number of carbonyl (C=O) groups excluding carboxylic acids is 1. The van der Waals surface area contributed by atoms with E-state index >= 15 is 0 Å². The average molecular weight is 373 g/mol. The van der Waals surface area contributed by atoms with Gasteiger partial charge in [0.15, 0.2) is 22.7 Å². The first kappa shape index (κ1) is 18.4. The standard InChI is InChI=1S/C17H19N5O5/c1-9(22-8-21-15-16(22)19-7-20-17(15)27)4-14(26)18-6-13(25)10-2-3-11(23)12(24)5-10/h2-3,5,7-9,13,23-25H,4,6H2,1H3,(H,18,26)(H,19,20,27). The summed E-state index contributed by atoms with van der Waals surface area (Å²) < 4.78 is 1.64. The molecule has 3 aromatic rings. The van der Waals surface area contributed by atoms with Gasteiger partial charge < -0.3 is 30.2 Å². The zero-order valence-electron chi connectivity index (χ0n) is 14.5. The number of H-pyrrole nitrogens is 1. The molecule has 5 N–H and O–H groups in total. The Morgan fingerprint density at radius 1 is 1.30 bits per heavy atom. The molecule has 2 atom stereocenters. The van der Waals surface area contributed by atoms with E-state index in [1.165, 1.54) is 30.9 Å². The number of hydrogen-bond donors (Lipinski definition) is 5. The number of imidazole rings is 1. The van der Waals surface area contributed by atoms with Crippen LogP contribution in [0.1, 0.15) is 31.1 Å². The number of hydrogen-bond acceptors (Lipinski definition) is 7. The van der Waals surface area contributed by atoms with Crippen LogP contribution < -0.4 is 10.9 Å². The lowest BCUT2D eigenvalue weighted by Gasteiger charge is -2.16. The number of benzene rings is 1. The normalized spacial score (nSPS) is 13.4. The molecule has 0 aliphatic carbocycles. The van der Waals surface area contributed by atoms with Crippen molar-refractivity contribution in [1.82, 2.24) is 24.8 Å². The third-order valence-corrected chi connectivity index (χ3v) is 4.20.